The summed E-state index contributed by atoms with van der Waals surface area (Å²) in [6.07, 6.45) is 7.50. The number of allylic oxidation sites excluding steroid dienone is 1. The molecular weight excluding hydrogens is 484 g/mol. The van der Waals surface area contributed by atoms with Gasteiger partial charge in [-0.25, -0.2) is 0 Å². The van der Waals surface area contributed by atoms with E-state index < -0.39 is 46.6 Å². The van der Waals surface area contributed by atoms with Gasteiger partial charge in [0.05, 0.1) is 30.8 Å². The molecule has 2 bridgehead atoms. The smallest absolute Gasteiger partial charge is 0.312 e. The van der Waals surface area contributed by atoms with Crippen LogP contribution < -0.4 is 0 Å². The third-order valence-corrected chi connectivity index (χ3v) is 8.48. The van der Waals surface area contributed by atoms with E-state index in [1.165, 1.54) is 0 Å². The maximum atomic E-state index is 14.4. The molecule has 1 spiro atoms. The topological polar surface area (TPSA) is 96.4 Å². The molecule has 3 aliphatic rings. The zero-order chi connectivity index (χ0) is 28.5. The Kier molecular flexibility index (Phi) is 9.19. The van der Waals surface area contributed by atoms with Crippen molar-refractivity contribution in [2.75, 3.05) is 19.8 Å². The Balaban J connectivity index is 2.05. The average molecular weight is 533 g/mol. The molecule has 1 N–H and O–H groups in total. The minimum atomic E-state index is -1.15. The van der Waals surface area contributed by atoms with Crippen LogP contribution in [0.15, 0.2) is 25.3 Å². The second-order valence-corrected chi connectivity index (χ2v) is 12.8. The molecule has 2 unspecified atom stereocenters. The normalized spacial score (nSPS) is 30.9. The van der Waals surface area contributed by atoms with Crippen molar-refractivity contribution in [2.45, 2.75) is 109 Å². The van der Waals surface area contributed by atoms with E-state index >= 15 is 0 Å². The van der Waals surface area contributed by atoms with Gasteiger partial charge in [0, 0.05) is 12.1 Å². The lowest BCUT2D eigenvalue weighted by atomic mass is 9.66. The standard InChI is InChI=1S/C30H48N2O6/c1-9-11-12-13-17-37-27(36)23-22-25(34)32(21(19-33)18-20(3)4)24(30(22)15-14-29(23,8)38-30)26(35)31(16-10-2)28(5,6)7/h9-10,20-24,33H,1-2,11-19H2,3-8H3/t21-,22+,23+,24?,29-,30?/m1/s1. The second-order valence-electron chi connectivity index (χ2n) is 12.8. The van der Waals surface area contributed by atoms with E-state index in [2.05, 4.69) is 13.2 Å². The van der Waals surface area contributed by atoms with Gasteiger partial charge in [-0.05, 0) is 72.1 Å². The van der Waals surface area contributed by atoms with Gasteiger partial charge in [0.1, 0.15) is 17.6 Å². The molecule has 3 fully saturated rings. The van der Waals surface area contributed by atoms with Crippen molar-refractivity contribution in [3.05, 3.63) is 25.3 Å². The molecule has 8 nitrogen and oxygen atoms in total. The first-order chi connectivity index (χ1) is 17.8. The molecule has 214 valence electrons. The van der Waals surface area contributed by atoms with Gasteiger partial charge in [-0.3, -0.25) is 14.4 Å². The maximum Gasteiger partial charge on any atom is 0.312 e. The van der Waals surface area contributed by atoms with Crippen LogP contribution in [0, 0.1) is 17.8 Å². The number of esters is 1. The molecular formula is C30H48N2O6. The molecule has 2 amide bonds. The van der Waals surface area contributed by atoms with Crippen LogP contribution in [-0.2, 0) is 23.9 Å². The number of rotatable bonds is 13. The fraction of sp³-hybridized carbons (Fsp3) is 0.767. The lowest BCUT2D eigenvalue weighted by Gasteiger charge is -2.43. The number of hydrogen-bond acceptors (Lipinski definition) is 6. The molecule has 0 aliphatic carbocycles. The summed E-state index contributed by atoms with van der Waals surface area (Å²) in [7, 11) is 0. The average Bonchev–Trinajstić information content (AvgIpc) is 3.40. The van der Waals surface area contributed by atoms with Crippen LogP contribution in [-0.4, -0.2) is 81.3 Å². The molecule has 0 aromatic carbocycles. The van der Waals surface area contributed by atoms with Gasteiger partial charge in [0.25, 0.3) is 0 Å². The lowest BCUT2D eigenvalue weighted by Crippen LogP contribution is -2.61. The van der Waals surface area contributed by atoms with Crippen LogP contribution in [0.1, 0.15) is 80.1 Å². The SMILES string of the molecule is C=CCCCCOC(=O)[C@@H]1[C@H]2C(=O)N([C@@H](CO)CC(C)C)C(C(=O)N(CC=C)C(C)(C)C)C23CC[C@@]1(C)O3. The largest absolute Gasteiger partial charge is 0.465 e. The molecule has 0 aromatic rings. The minimum absolute atomic E-state index is 0.187. The maximum absolute atomic E-state index is 14.4. The number of ether oxygens (including phenoxy) is 2. The highest BCUT2D eigenvalue weighted by Gasteiger charge is 2.79. The van der Waals surface area contributed by atoms with E-state index in [0.29, 0.717) is 32.2 Å². The summed E-state index contributed by atoms with van der Waals surface area (Å²) in [5, 5.41) is 10.4. The van der Waals surface area contributed by atoms with Gasteiger partial charge in [0.15, 0.2) is 0 Å². The van der Waals surface area contributed by atoms with E-state index in [0.717, 1.165) is 12.8 Å². The molecule has 0 saturated carbocycles. The minimum Gasteiger partial charge on any atom is -0.465 e. The van der Waals surface area contributed by atoms with Crippen molar-refractivity contribution in [2.24, 2.45) is 17.8 Å². The zero-order valence-corrected chi connectivity index (χ0v) is 24.2. The fourth-order valence-corrected chi connectivity index (χ4v) is 6.84. The van der Waals surface area contributed by atoms with Gasteiger partial charge < -0.3 is 24.4 Å². The van der Waals surface area contributed by atoms with E-state index in [1.807, 2.05) is 47.6 Å². The Labute approximate surface area is 228 Å². The highest BCUT2D eigenvalue weighted by molar-refractivity contribution is 5.99. The number of fused-ring (bicyclic) bond motifs is 1. The highest BCUT2D eigenvalue weighted by atomic mass is 16.6. The Morgan fingerprint density at radius 1 is 1.24 bits per heavy atom. The van der Waals surface area contributed by atoms with Crippen LogP contribution in [0.2, 0.25) is 0 Å². The summed E-state index contributed by atoms with van der Waals surface area (Å²) in [6.45, 7) is 19.6. The number of unbranched alkanes of at least 4 members (excludes halogenated alkanes) is 2. The summed E-state index contributed by atoms with van der Waals surface area (Å²) in [6, 6.07) is -1.50. The van der Waals surface area contributed by atoms with Gasteiger partial charge in [-0.15, -0.1) is 13.2 Å². The number of carbonyl (C=O) groups is 3. The number of hydrogen-bond donors (Lipinski definition) is 1. The first-order valence-electron chi connectivity index (χ1n) is 14.1. The number of aliphatic hydroxyl groups excluding tert-OH is 1. The van der Waals surface area contributed by atoms with Crippen LogP contribution in [0.3, 0.4) is 0 Å². The zero-order valence-electron chi connectivity index (χ0n) is 24.2. The van der Waals surface area contributed by atoms with E-state index in [1.54, 1.807) is 15.9 Å². The Bertz CT molecular complexity index is 926. The predicted molar refractivity (Wildman–Crippen MR) is 146 cm³/mol. The van der Waals surface area contributed by atoms with E-state index in [4.69, 9.17) is 9.47 Å². The van der Waals surface area contributed by atoms with Crippen molar-refractivity contribution in [3.8, 4) is 0 Å². The van der Waals surface area contributed by atoms with Crippen molar-refractivity contribution < 1.29 is 29.0 Å². The summed E-state index contributed by atoms with van der Waals surface area (Å²) < 4.78 is 12.4. The lowest BCUT2D eigenvalue weighted by molar-refractivity contribution is -0.163. The number of carbonyl (C=O) groups excluding carboxylic acids is 3. The molecule has 3 heterocycles. The molecule has 3 rings (SSSR count). The van der Waals surface area contributed by atoms with Gasteiger partial charge >= 0.3 is 5.97 Å². The van der Waals surface area contributed by atoms with Crippen molar-refractivity contribution in [1.29, 1.82) is 0 Å². The molecule has 38 heavy (non-hydrogen) atoms. The summed E-state index contributed by atoms with van der Waals surface area (Å²) in [5.41, 5.74) is -2.57. The third-order valence-electron chi connectivity index (χ3n) is 8.48. The first kappa shape index (κ1) is 30.4. The predicted octanol–water partition coefficient (Wildman–Crippen LogP) is 3.87. The monoisotopic (exact) mass is 532 g/mol. The summed E-state index contributed by atoms with van der Waals surface area (Å²) >= 11 is 0. The number of nitrogens with zero attached hydrogens (tertiary/aromatic N) is 2. The summed E-state index contributed by atoms with van der Waals surface area (Å²) in [4.78, 5) is 45.5. The number of aliphatic hydroxyl groups is 1. The quantitative estimate of drug-likeness (QED) is 0.220. The highest BCUT2D eigenvalue weighted by Crippen LogP contribution is 2.64. The molecule has 3 saturated heterocycles. The van der Waals surface area contributed by atoms with E-state index in [9.17, 15) is 19.5 Å². The number of amides is 2. The Morgan fingerprint density at radius 2 is 1.92 bits per heavy atom. The Hall–Kier alpha value is -2.19. The summed E-state index contributed by atoms with van der Waals surface area (Å²) in [5.74, 6) is -2.42. The Morgan fingerprint density at radius 3 is 2.47 bits per heavy atom. The molecule has 8 heteroatoms. The van der Waals surface area contributed by atoms with Crippen LogP contribution in [0.5, 0.6) is 0 Å². The van der Waals surface area contributed by atoms with Crippen molar-refractivity contribution in [3.63, 3.8) is 0 Å². The van der Waals surface area contributed by atoms with E-state index in [-0.39, 0.29) is 30.9 Å². The fourth-order valence-electron chi connectivity index (χ4n) is 6.84. The molecule has 0 radical (unpaired) electrons. The van der Waals surface area contributed by atoms with Gasteiger partial charge in [-0.1, -0.05) is 26.0 Å². The van der Waals surface area contributed by atoms with Crippen LogP contribution in [0.25, 0.3) is 0 Å². The van der Waals surface area contributed by atoms with Gasteiger partial charge in [0.2, 0.25) is 11.8 Å². The first-order valence-corrected chi connectivity index (χ1v) is 14.1. The van der Waals surface area contributed by atoms with Crippen molar-refractivity contribution >= 4 is 17.8 Å². The van der Waals surface area contributed by atoms with Crippen molar-refractivity contribution in [1.82, 2.24) is 9.80 Å². The molecule has 0 aromatic heterocycles. The second kappa shape index (κ2) is 11.5. The molecule has 6 atom stereocenters. The molecule has 3 aliphatic heterocycles. The third kappa shape index (κ3) is 5.31. The number of likely N-dealkylation sites (tertiary alicyclic amines) is 1. The van der Waals surface area contributed by atoms with Crippen LogP contribution >= 0.6 is 0 Å². The van der Waals surface area contributed by atoms with Gasteiger partial charge in [-0.2, -0.15) is 0 Å². The van der Waals surface area contributed by atoms with Crippen LogP contribution in [0.4, 0.5) is 0 Å².